The van der Waals surface area contributed by atoms with Crippen LogP contribution in [0.3, 0.4) is 0 Å². The lowest BCUT2D eigenvalue weighted by Gasteiger charge is -2.32. The van der Waals surface area contributed by atoms with E-state index >= 15 is 0 Å². The van der Waals surface area contributed by atoms with Gasteiger partial charge in [-0.3, -0.25) is 13.9 Å². The van der Waals surface area contributed by atoms with Crippen LogP contribution in [0.2, 0.25) is 0 Å². The Balaban J connectivity index is 1.99. The van der Waals surface area contributed by atoms with Crippen LogP contribution in [0, 0.1) is 0 Å². The van der Waals surface area contributed by atoms with E-state index in [2.05, 4.69) is 5.32 Å². The molecule has 37 heavy (non-hydrogen) atoms. The summed E-state index contributed by atoms with van der Waals surface area (Å²) in [5.41, 5.74) is 2.28. The van der Waals surface area contributed by atoms with Crippen LogP contribution in [0.1, 0.15) is 38.3 Å². The molecule has 0 bridgehead atoms. The van der Waals surface area contributed by atoms with Gasteiger partial charge in [-0.1, -0.05) is 74.5 Å². The number of sulfonamides is 1. The molecule has 1 atom stereocenters. The summed E-state index contributed by atoms with van der Waals surface area (Å²) >= 11 is 0. The molecular weight excluding hydrogens is 486 g/mol. The van der Waals surface area contributed by atoms with Crippen molar-refractivity contribution in [1.29, 1.82) is 0 Å². The first-order chi connectivity index (χ1) is 17.8. The Hall–Kier alpha value is -3.65. The molecule has 0 radical (unpaired) electrons. The van der Waals surface area contributed by atoms with Gasteiger partial charge >= 0.3 is 0 Å². The molecule has 0 aliphatic rings. The van der Waals surface area contributed by atoms with Gasteiger partial charge in [0.2, 0.25) is 11.8 Å². The zero-order chi connectivity index (χ0) is 26.8. The molecule has 0 spiro atoms. The molecular formula is C29H35N3O4S. The van der Waals surface area contributed by atoms with E-state index in [-0.39, 0.29) is 17.3 Å². The maximum absolute atomic E-state index is 13.8. The van der Waals surface area contributed by atoms with Crippen LogP contribution >= 0.6 is 0 Å². The average Bonchev–Trinajstić information content (AvgIpc) is 2.93. The second-order valence-electron chi connectivity index (χ2n) is 8.82. The number of rotatable bonds is 12. The van der Waals surface area contributed by atoms with E-state index in [0.29, 0.717) is 12.2 Å². The summed E-state index contributed by atoms with van der Waals surface area (Å²) in [5.74, 6) is -0.752. The summed E-state index contributed by atoms with van der Waals surface area (Å²) in [7, 11) is -4.05. The van der Waals surface area contributed by atoms with Gasteiger partial charge in [-0.15, -0.1) is 0 Å². The molecule has 0 fully saturated rings. The predicted octanol–water partition coefficient (Wildman–Crippen LogP) is 4.39. The standard InChI is InChI=1S/C29H35N3O4S/c1-4-20-30-29(34)23(3)31(21-25-12-8-6-9-13-25)28(33)22-32(26-18-16-24(5-2)17-19-26)37(35,36)27-14-10-7-11-15-27/h6-19,23H,4-5,20-22H2,1-3H3,(H,30,34)/t23-/m0/s1. The summed E-state index contributed by atoms with van der Waals surface area (Å²) in [6, 6.07) is 23.8. The fourth-order valence-electron chi connectivity index (χ4n) is 3.90. The van der Waals surface area contributed by atoms with Crippen LogP contribution in [0.15, 0.2) is 89.8 Å². The van der Waals surface area contributed by atoms with Gasteiger partial charge in [0, 0.05) is 13.1 Å². The smallest absolute Gasteiger partial charge is 0.264 e. The number of amides is 2. The molecule has 7 nitrogen and oxygen atoms in total. The monoisotopic (exact) mass is 521 g/mol. The minimum Gasteiger partial charge on any atom is -0.354 e. The molecule has 0 aliphatic heterocycles. The van der Waals surface area contributed by atoms with Gasteiger partial charge in [0.05, 0.1) is 10.6 Å². The normalized spacial score (nSPS) is 12.0. The molecule has 0 aliphatic carbocycles. The van der Waals surface area contributed by atoms with Crippen molar-refractivity contribution >= 4 is 27.5 Å². The van der Waals surface area contributed by atoms with E-state index in [4.69, 9.17) is 0 Å². The third-order valence-electron chi connectivity index (χ3n) is 6.15. The van der Waals surface area contributed by atoms with Gasteiger partial charge in [0.15, 0.2) is 0 Å². The minimum atomic E-state index is -4.05. The van der Waals surface area contributed by atoms with Gasteiger partial charge < -0.3 is 10.2 Å². The van der Waals surface area contributed by atoms with Gasteiger partial charge in [-0.2, -0.15) is 0 Å². The van der Waals surface area contributed by atoms with Crippen molar-refractivity contribution in [1.82, 2.24) is 10.2 Å². The van der Waals surface area contributed by atoms with Crippen molar-refractivity contribution in [3.05, 3.63) is 96.1 Å². The fourth-order valence-corrected chi connectivity index (χ4v) is 5.34. The number of nitrogens with zero attached hydrogens (tertiary/aromatic N) is 2. The molecule has 0 heterocycles. The highest BCUT2D eigenvalue weighted by Crippen LogP contribution is 2.25. The second kappa shape index (κ2) is 13.1. The van der Waals surface area contributed by atoms with Crippen molar-refractivity contribution < 1.29 is 18.0 Å². The molecule has 3 rings (SSSR count). The van der Waals surface area contributed by atoms with Crippen LogP contribution in [0.4, 0.5) is 5.69 Å². The SMILES string of the molecule is CCCNC(=O)[C@H](C)N(Cc1ccccc1)C(=O)CN(c1ccc(CC)cc1)S(=O)(=O)c1ccccc1. The Morgan fingerprint density at radius 3 is 2.00 bits per heavy atom. The number of hydrogen-bond acceptors (Lipinski definition) is 4. The maximum Gasteiger partial charge on any atom is 0.264 e. The number of nitrogens with one attached hydrogen (secondary N) is 1. The lowest BCUT2D eigenvalue weighted by Crippen LogP contribution is -2.51. The predicted molar refractivity (Wildman–Crippen MR) is 147 cm³/mol. The van der Waals surface area contributed by atoms with E-state index in [1.165, 1.54) is 17.0 Å². The van der Waals surface area contributed by atoms with Gasteiger partial charge in [-0.05, 0) is 55.2 Å². The summed E-state index contributed by atoms with van der Waals surface area (Å²) in [6.07, 6.45) is 1.57. The number of anilines is 1. The first-order valence-electron chi connectivity index (χ1n) is 12.6. The Bertz CT molecular complexity index is 1260. The van der Waals surface area contributed by atoms with Crippen molar-refractivity contribution in [3.63, 3.8) is 0 Å². The van der Waals surface area contributed by atoms with Crippen LogP contribution in [0.5, 0.6) is 0 Å². The van der Waals surface area contributed by atoms with Crippen LogP contribution in [-0.2, 0) is 32.6 Å². The van der Waals surface area contributed by atoms with Crippen molar-refractivity contribution in [2.75, 3.05) is 17.4 Å². The highest BCUT2D eigenvalue weighted by atomic mass is 32.2. The number of carbonyl (C=O) groups is 2. The number of carbonyl (C=O) groups excluding carboxylic acids is 2. The van der Waals surface area contributed by atoms with Crippen LogP contribution in [0.25, 0.3) is 0 Å². The highest BCUT2D eigenvalue weighted by Gasteiger charge is 2.32. The summed E-state index contributed by atoms with van der Waals surface area (Å²) in [5, 5.41) is 2.84. The van der Waals surface area contributed by atoms with E-state index in [1.54, 1.807) is 37.3 Å². The molecule has 0 unspecified atom stereocenters. The third-order valence-corrected chi connectivity index (χ3v) is 7.94. The molecule has 0 saturated carbocycles. The largest absolute Gasteiger partial charge is 0.354 e. The van der Waals surface area contributed by atoms with Gasteiger partial charge in [0.1, 0.15) is 12.6 Å². The molecule has 196 valence electrons. The first kappa shape index (κ1) is 27.9. The molecule has 3 aromatic rings. The summed E-state index contributed by atoms with van der Waals surface area (Å²) < 4.78 is 28.6. The van der Waals surface area contributed by atoms with Crippen LogP contribution in [-0.4, -0.2) is 44.3 Å². The molecule has 2 amide bonds. The average molecular weight is 522 g/mol. The Labute approximate surface area is 220 Å². The zero-order valence-electron chi connectivity index (χ0n) is 21.6. The van der Waals surface area contributed by atoms with E-state index in [1.807, 2.05) is 56.3 Å². The fraction of sp³-hybridized carbons (Fsp3) is 0.310. The van der Waals surface area contributed by atoms with E-state index in [0.717, 1.165) is 28.3 Å². The molecule has 3 aromatic carbocycles. The molecule has 0 saturated heterocycles. The number of benzene rings is 3. The first-order valence-corrected chi connectivity index (χ1v) is 14.0. The lowest BCUT2D eigenvalue weighted by atomic mass is 10.1. The Morgan fingerprint density at radius 1 is 0.838 bits per heavy atom. The van der Waals surface area contributed by atoms with Gasteiger partial charge in [-0.25, -0.2) is 8.42 Å². The van der Waals surface area contributed by atoms with Crippen molar-refractivity contribution in [3.8, 4) is 0 Å². The summed E-state index contributed by atoms with van der Waals surface area (Å²) in [4.78, 5) is 28.2. The highest BCUT2D eigenvalue weighted by molar-refractivity contribution is 7.92. The molecule has 8 heteroatoms. The summed E-state index contributed by atoms with van der Waals surface area (Å²) in [6.45, 7) is 5.86. The van der Waals surface area contributed by atoms with Crippen molar-refractivity contribution in [2.45, 2.75) is 51.1 Å². The number of hydrogen-bond donors (Lipinski definition) is 1. The Morgan fingerprint density at radius 2 is 1.43 bits per heavy atom. The molecule has 1 N–H and O–H groups in total. The third kappa shape index (κ3) is 7.20. The van der Waals surface area contributed by atoms with Gasteiger partial charge in [0.25, 0.3) is 10.0 Å². The second-order valence-corrected chi connectivity index (χ2v) is 10.7. The van der Waals surface area contributed by atoms with E-state index in [9.17, 15) is 18.0 Å². The lowest BCUT2D eigenvalue weighted by molar-refractivity contribution is -0.139. The Kier molecular flexibility index (Phi) is 9.85. The quantitative estimate of drug-likeness (QED) is 0.383. The van der Waals surface area contributed by atoms with Crippen molar-refractivity contribution in [2.24, 2.45) is 0 Å². The topological polar surface area (TPSA) is 86.8 Å². The van der Waals surface area contributed by atoms with Crippen LogP contribution < -0.4 is 9.62 Å². The maximum atomic E-state index is 13.8. The van der Waals surface area contributed by atoms with E-state index < -0.39 is 28.5 Å². The minimum absolute atomic E-state index is 0.0886. The number of aryl methyl sites for hydroxylation is 1. The molecule has 0 aromatic heterocycles. The zero-order valence-corrected chi connectivity index (χ0v) is 22.4.